The molecule has 0 fully saturated rings. The van der Waals surface area contributed by atoms with Crippen LogP contribution in [0.2, 0.25) is 0 Å². The summed E-state index contributed by atoms with van der Waals surface area (Å²) in [7, 11) is 0. The Hall–Kier alpha value is -0.610. The topological polar surface area (TPSA) is 49.8 Å². The van der Waals surface area contributed by atoms with Crippen LogP contribution in [0, 0.1) is 0 Å². The molecular formula is C9H19NO3. The van der Waals surface area contributed by atoms with Crippen LogP contribution in [0.3, 0.4) is 0 Å². The summed E-state index contributed by atoms with van der Waals surface area (Å²) < 4.78 is 4.81. The Bertz CT molecular complexity index is 139. The first-order chi connectivity index (χ1) is 6.24. The van der Waals surface area contributed by atoms with Gasteiger partial charge in [-0.1, -0.05) is 6.92 Å². The zero-order chi connectivity index (χ0) is 10.1. The maximum atomic E-state index is 11.0. The molecule has 0 heterocycles. The molecule has 1 N–H and O–H groups in total. The van der Waals surface area contributed by atoms with Gasteiger partial charge in [-0.2, -0.15) is 0 Å². The van der Waals surface area contributed by atoms with Crippen molar-refractivity contribution in [3.05, 3.63) is 0 Å². The monoisotopic (exact) mass is 189 g/mol. The average molecular weight is 189 g/mol. The van der Waals surface area contributed by atoms with Crippen molar-refractivity contribution in [2.45, 2.75) is 20.3 Å². The molecule has 0 aliphatic carbocycles. The predicted molar refractivity (Wildman–Crippen MR) is 50.4 cm³/mol. The van der Waals surface area contributed by atoms with Crippen LogP contribution in [0.4, 0.5) is 0 Å². The van der Waals surface area contributed by atoms with E-state index in [4.69, 9.17) is 9.84 Å². The Kier molecular flexibility index (Phi) is 7.63. The highest BCUT2D eigenvalue weighted by Crippen LogP contribution is 1.92. The van der Waals surface area contributed by atoms with E-state index in [-0.39, 0.29) is 12.6 Å². The lowest BCUT2D eigenvalue weighted by atomic mass is 10.4. The van der Waals surface area contributed by atoms with Gasteiger partial charge in [0.15, 0.2) is 0 Å². The number of esters is 1. The van der Waals surface area contributed by atoms with E-state index >= 15 is 0 Å². The predicted octanol–water partition coefficient (Wildman–Crippen LogP) is 0.254. The van der Waals surface area contributed by atoms with E-state index in [1.807, 2.05) is 11.8 Å². The molecule has 78 valence electrons. The van der Waals surface area contributed by atoms with E-state index < -0.39 is 0 Å². The molecule has 0 saturated heterocycles. The molecule has 0 aromatic rings. The molecule has 0 amide bonds. The minimum atomic E-state index is -0.192. The van der Waals surface area contributed by atoms with Gasteiger partial charge in [-0.25, -0.2) is 0 Å². The molecule has 0 saturated carbocycles. The largest absolute Gasteiger partial charge is 0.465 e. The van der Waals surface area contributed by atoms with Crippen LogP contribution >= 0.6 is 0 Å². The quantitative estimate of drug-likeness (QED) is 0.583. The number of likely N-dealkylation sites (N-methyl/N-ethyl adjacent to an activating group) is 1. The van der Waals surface area contributed by atoms with Crippen LogP contribution in [0.15, 0.2) is 0 Å². The van der Waals surface area contributed by atoms with Crippen molar-refractivity contribution in [1.82, 2.24) is 4.90 Å². The second-order valence-corrected chi connectivity index (χ2v) is 2.75. The molecule has 0 aromatic carbocycles. The van der Waals surface area contributed by atoms with Crippen molar-refractivity contribution in [3.63, 3.8) is 0 Å². The van der Waals surface area contributed by atoms with Crippen LogP contribution in [-0.2, 0) is 9.53 Å². The van der Waals surface area contributed by atoms with Crippen molar-refractivity contribution in [1.29, 1.82) is 0 Å². The zero-order valence-electron chi connectivity index (χ0n) is 8.45. The summed E-state index contributed by atoms with van der Waals surface area (Å²) in [5.74, 6) is -0.192. The Morgan fingerprint density at radius 2 is 2.15 bits per heavy atom. The fourth-order valence-corrected chi connectivity index (χ4v) is 1.03. The zero-order valence-corrected chi connectivity index (χ0v) is 8.45. The summed E-state index contributed by atoms with van der Waals surface area (Å²) in [6, 6.07) is 0. The number of carbonyl (C=O) groups is 1. The van der Waals surface area contributed by atoms with E-state index in [1.165, 1.54) is 0 Å². The first-order valence-electron chi connectivity index (χ1n) is 4.73. The van der Waals surface area contributed by atoms with Gasteiger partial charge in [0.2, 0.25) is 0 Å². The lowest BCUT2D eigenvalue weighted by molar-refractivity contribution is -0.144. The highest BCUT2D eigenvalue weighted by Gasteiger charge is 2.08. The van der Waals surface area contributed by atoms with Crippen LogP contribution in [0.1, 0.15) is 20.3 Å². The molecule has 0 unspecified atom stereocenters. The fraction of sp³-hybridized carbons (Fsp3) is 0.889. The second kappa shape index (κ2) is 8.01. The highest BCUT2D eigenvalue weighted by molar-refractivity contribution is 5.71. The van der Waals surface area contributed by atoms with Crippen LogP contribution in [-0.4, -0.2) is 48.8 Å². The van der Waals surface area contributed by atoms with Crippen molar-refractivity contribution in [2.24, 2.45) is 0 Å². The van der Waals surface area contributed by atoms with E-state index in [0.717, 1.165) is 13.1 Å². The van der Waals surface area contributed by atoms with Gasteiger partial charge in [0.25, 0.3) is 0 Å². The Morgan fingerprint density at radius 3 is 2.62 bits per heavy atom. The lowest BCUT2D eigenvalue weighted by Crippen LogP contribution is -2.32. The normalized spacial score (nSPS) is 10.5. The Morgan fingerprint density at radius 1 is 1.46 bits per heavy atom. The summed E-state index contributed by atoms with van der Waals surface area (Å²) >= 11 is 0. The highest BCUT2D eigenvalue weighted by atomic mass is 16.5. The second-order valence-electron chi connectivity index (χ2n) is 2.75. The summed E-state index contributed by atoms with van der Waals surface area (Å²) in [6.07, 6.45) is 0.702. The third-order valence-electron chi connectivity index (χ3n) is 1.74. The molecular weight excluding hydrogens is 170 g/mol. The van der Waals surface area contributed by atoms with E-state index in [0.29, 0.717) is 19.6 Å². The van der Waals surface area contributed by atoms with Gasteiger partial charge in [-0.15, -0.1) is 0 Å². The summed E-state index contributed by atoms with van der Waals surface area (Å²) in [6.45, 7) is 6.24. The van der Waals surface area contributed by atoms with Crippen molar-refractivity contribution in [2.75, 3.05) is 32.8 Å². The number of carbonyl (C=O) groups excluding carboxylic acids is 1. The Balaban J connectivity index is 3.62. The molecule has 0 aromatic heterocycles. The van der Waals surface area contributed by atoms with Crippen molar-refractivity contribution < 1.29 is 14.6 Å². The summed E-state index contributed by atoms with van der Waals surface area (Å²) in [5.41, 5.74) is 0. The van der Waals surface area contributed by atoms with Crippen LogP contribution in [0.25, 0.3) is 0 Å². The van der Waals surface area contributed by atoms with Gasteiger partial charge in [0.1, 0.15) is 0 Å². The number of rotatable bonds is 7. The number of ether oxygens (including phenoxy) is 1. The third-order valence-corrected chi connectivity index (χ3v) is 1.74. The van der Waals surface area contributed by atoms with Gasteiger partial charge in [0, 0.05) is 13.2 Å². The van der Waals surface area contributed by atoms with Crippen LogP contribution < -0.4 is 0 Å². The first kappa shape index (κ1) is 12.4. The SMILES string of the molecule is CCOC(=O)CN(CC)CCCO. The first-order valence-corrected chi connectivity index (χ1v) is 4.73. The maximum Gasteiger partial charge on any atom is 0.320 e. The molecule has 0 aliphatic heterocycles. The molecule has 4 heteroatoms. The number of aliphatic hydroxyl groups is 1. The molecule has 0 atom stereocenters. The standard InChI is InChI=1S/C9H19NO3/c1-3-10(6-5-7-11)8-9(12)13-4-2/h11H,3-8H2,1-2H3. The number of nitrogens with zero attached hydrogens (tertiary/aromatic N) is 1. The van der Waals surface area contributed by atoms with E-state index in [1.54, 1.807) is 6.92 Å². The summed E-state index contributed by atoms with van der Waals surface area (Å²) in [5, 5.41) is 8.61. The fourth-order valence-electron chi connectivity index (χ4n) is 1.03. The molecule has 0 radical (unpaired) electrons. The van der Waals surface area contributed by atoms with Gasteiger partial charge in [-0.05, 0) is 19.9 Å². The molecule has 0 spiro atoms. The van der Waals surface area contributed by atoms with Gasteiger partial charge in [0.05, 0.1) is 13.2 Å². The molecule has 0 rings (SSSR count). The molecule has 13 heavy (non-hydrogen) atoms. The summed E-state index contributed by atoms with van der Waals surface area (Å²) in [4.78, 5) is 13.0. The number of hydrogen-bond donors (Lipinski definition) is 1. The maximum absolute atomic E-state index is 11.0. The van der Waals surface area contributed by atoms with E-state index in [9.17, 15) is 4.79 Å². The average Bonchev–Trinajstić information content (AvgIpc) is 2.12. The van der Waals surface area contributed by atoms with Gasteiger partial charge in [-0.3, -0.25) is 9.69 Å². The minimum Gasteiger partial charge on any atom is -0.465 e. The molecule has 0 aliphatic rings. The number of aliphatic hydroxyl groups excluding tert-OH is 1. The van der Waals surface area contributed by atoms with E-state index in [2.05, 4.69) is 0 Å². The third kappa shape index (κ3) is 6.54. The smallest absolute Gasteiger partial charge is 0.320 e. The van der Waals surface area contributed by atoms with Crippen LogP contribution in [0.5, 0.6) is 0 Å². The Labute approximate surface area is 79.5 Å². The lowest BCUT2D eigenvalue weighted by Gasteiger charge is -2.18. The van der Waals surface area contributed by atoms with Gasteiger partial charge < -0.3 is 9.84 Å². The molecule has 0 bridgehead atoms. The molecule has 4 nitrogen and oxygen atoms in total. The number of hydrogen-bond acceptors (Lipinski definition) is 4. The van der Waals surface area contributed by atoms with Crippen molar-refractivity contribution >= 4 is 5.97 Å². The van der Waals surface area contributed by atoms with Crippen molar-refractivity contribution in [3.8, 4) is 0 Å². The van der Waals surface area contributed by atoms with Gasteiger partial charge >= 0.3 is 5.97 Å². The minimum absolute atomic E-state index is 0.166.